The monoisotopic (exact) mass is 242 g/mol. The number of hydrogen-bond donors (Lipinski definition) is 1. The number of rotatable bonds is 5. The number of aliphatic hydroxyl groups excluding tert-OH is 1. The molecule has 0 unspecified atom stereocenters. The second kappa shape index (κ2) is 5.21. The molecule has 1 N–H and O–H groups in total. The molecule has 0 heterocycles. The van der Waals surface area contributed by atoms with E-state index in [1.807, 2.05) is 0 Å². The molecule has 0 saturated heterocycles. The Morgan fingerprint density at radius 2 is 1.82 bits per heavy atom. The first-order chi connectivity index (χ1) is 7.97. The molecule has 0 aliphatic rings. The van der Waals surface area contributed by atoms with Crippen LogP contribution in [-0.2, 0) is 0 Å². The van der Waals surface area contributed by atoms with E-state index in [2.05, 4.69) is 0 Å². The summed E-state index contributed by atoms with van der Waals surface area (Å²) in [6, 6.07) is 2.06. The van der Waals surface area contributed by atoms with Gasteiger partial charge in [-0.15, -0.1) is 0 Å². The Morgan fingerprint density at radius 3 is 2.29 bits per heavy atom. The SMILES string of the molecule is Cc1cc(OCCO)c([N+](=O)[O-])cc1[N+](=O)[O-]. The third kappa shape index (κ3) is 2.88. The first kappa shape index (κ1) is 12.8. The molecule has 0 aliphatic carbocycles. The Bertz CT molecular complexity index is 459. The van der Waals surface area contributed by atoms with E-state index >= 15 is 0 Å². The summed E-state index contributed by atoms with van der Waals surface area (Å²) in [5.74, 6) is -0.0906. The molecule has 17 heavy (non-hydrogen) atoms. The van der Waals surface area contributed by atoms with Crippen molar-refractivity contribution >= 4 is 11.4 Å². The van der Waals surface area contributed by atoms with Crippen LogP contribution in [0.1, 0.15) is 5.56 Å². The fraction of sp³-hybridized carbons (Fsp3) is 0.333. The van der Waals surface area contributed by atoms with E-state index in [9.17, 15) is 20.2 Å². The summed E-state index contributed by atoms with van der Waals surface area (Å²) in [7, 11) is 0. The van der Waals surface area contributed by atoms with Gasteiger partial charge in [0.15, 0.2) is 5.75 Å². The van der Waals surface area contributed by atoms with Crippen molar-refractivity contribution in [3.63, 3.8) is 0 Å². The van der Waals surface area contributed by atoms with Gasteiger partial charge >= 0.3 is 5.69 Å². The zero-order valence-corrected chi connectivity index (χ0v) is 8.95. The molecule has 8 heteroatoms. The maximum atomic E-state index is 10.7. The zero-order chi connectivity index (χ0) is 13.0. The van der Waals surface area contributed by atoms with Crippen LogP contribution in [0.5, 0.6) is 5.75 Å². The predicted molar refractivity (Wildman–Crippen MR) is 57.1 cm³/mol. The number of benzene rings is 1. The maximum Gasteiger partial charge on any atom is 0.317 e. The van der Waals surface area contributed by atoms with E-state index in [1.54, 1.807) is 0 Å². The molecule has 0 saturated carbocycles. The van der Waals surface area contributed by atoms with E-state index < -0.39 is 15.5 Å². The summed E-state index contributed by atoms with van der Waals surface area (Å²) in [5.41, 5.74) is -0.572. The molecule has 1 rings (SSSR count). The Kier molecular flexibility index (Phi) is 3.94. The molecule has 0 aliphatic heterocycles. The van der Waals surface area contributed by atoms with Crippen molar-refractivity contribution in [2.45, 2.75) is 6.92 Å². The predicted octanol–water partition coefficient (Wildman–Crippen LogP) is 1.18. The van der Waals surface area contributed by atoms with Gasteiger partial charge in [-0.2, -0.15) is 0 Å². The highest BCUT2D eigenvalue weighted by Gasteiger charge is 2.23. The van der Waals surface area contributed by atoms with Gasteiger partial charge in [0.2, 0.25) is 0 Å². The summed E-state index contributed by atoms with van der Waals surface area (Å²) < 4.78 is 4.95. The van der Waals surface area contributed by atoms with Gasteiger partial charge in [0.05, 0.1) is 22.5 Å². The number of hydrogen-bond acceptors (Lipinski definition) is 6. The minimum atomic E-state index is -0.765. The quantitative estimate of drug-likeness (QED) is 0.612. The fourth-order valence-electron chi connectivity index (χ4n) is 1.27. The number of nitrogens with zero attached hydrogens (tertiary/aromatic N) is 2. The maximum absolute atomic E-state index is 10.7. The molecule has 1 aromatic carbocycles. The van der Waals surface area contributed by atoms with Gasteiger partial charge in [0.25, 0.3) is 5.69 Å². The number of ether oxygens (including phenoxy) is 1. The van der Waals surface area contributed by atoms with Gasteiger partial charge in [-0.1, -0.05) is 0 Å². The van der Waals surface area contributed by atoms with Crippen molar-refractivity contribution < 1.29 is 19.7 Å². The molecule has 0 fully saturated rings. The minimum absolute atomic E-state index is 0.0906. The fourth-order valence-corrected chi connectivity index (χ4v) is 1.27. The van der Waals surface area contributed by atoms with Gasteiger partial charge < -0.3 is 9.84 Å². The van der Waals surface area contributed by atoms with E-state index in [-0.39, 0.29) is 30.2 Å². The van der Waals surface area contributed by atoms with E-state index in [4.69, 9.17) is 9.84 Å². The van der Waals surface area contributed by atoms with Crippen LogP contribution >= 0.6 is 0 Å². The highest BCUT2D eigenvalue weighted by Crippen LogP contribution is 2.33. The number of aliphatic hydroxyl groups is 1. The molecule has 0 atom stereocenters. The molecule has 0 bridgehead atoms. The third-order valence-corrected chi connectivity index (χ3v) is 2.02. The molecule has 0 amide bonds. The molecule has 0 spiro atoms. The second-order valence-corrected chi connectivity index (χ2v) is 3.19. The van der Waals surface area contributed by atoms with Gasteiger partial charge in [-0.25, -0.2) is 0 Å². The van der Waals surface area contributed by atoms with Crippen LogP contribution in [-0.4, -0.2) is 28.2 Å². The Labute approximate surface area is 95.7 Å². The molecular weight excluding hydrogens is 232 g/mol. The molecule has 0 aromatic heterocycles. The van der Waals surface area contributed by atoms with Crippen LogP contribution in [0.3, 0.4) is 0 Å². The highest BCUT2D eigenvalue weighted by molar-refractivity contribution is 5.57. The van der Waals surface area contributed by atoms with Gasteiger partial charge in [0, 0.05) is 5.56 Å². The molecular formula is C9H10N2O6. The topological polar surface area (TPSA) is 116 Å². The average Bonchev–Trinajstić information content (AvgIpc) is 2.25. The lowest BCUT2D eigenvalue weighted by molar-refractivity contribution is -0.395. The largest absolute Gasteiger partial charge is 0.484 e. The van der Waals surface area contributed by atoms with Gasteiger partial charge in [-0.3, -0.25) is 20.2 Å². The highest BCUT2D eigenvalue weighted by atomic mass is 16.6. The average molecular weight is 242 g/mol. The van der Waals surface area contributed by atoms with Crippen LogP contribution in [0.25, 0.3) is 0 Å². The van der Waals surface area contributed by atoms with Crippen molar-refractivity contribution in [1.82, 2.24) is 0 Å². The lowest BCUT2D eigenvalue weighted by Crippen LogP contribution is -2.05. The minimum Gasteiger partial charge on any atom is -0.484 e. The Morgan fingerprint density at radius 1 is 1.24 bits per heavy atom. The van der Waals surface area contributed by atoms with E-state index in [0.717, 1.165) is 6.07 Å². The lowest BCUT2D eigenvalue weighted by Gasteiger charge is -2.06. The zero-order valence-electron chi connectivity index (χ0n) is 8.95. The summed E-state index contributed by atoms with van der Waals surface area (Å²) in [5, 5.41) is 29.9. The normalized spacial score (nSPS) is 10.0. The molecule has 0 radical (unpaired) electrons. The number of nitro groups is 2. The molecule has 92 valence electrons. The first-order valence-electron chi connectivity index (χ1n) is 4.64. The van der Waals surface area contributed by atoms with Gasteiger partial charge in [0.1, 0.15) is 6.61 Å². The van der Waals surface area contributed by atoms with Crippen molar-refractivity contribution in [1.29, 1.82) is 0 Å². The smallest absolute Gasteiger partial charge is 0.317 e. The summed E-state index contributed by atoms with van der Waals surface area (Å²) >= 11 is 0. The standard InChI is InChI=1S/C9H10N2O6/c1-6-4-9(17-3-2-12)8(11(15)16)5-7(6)10(13)14/h4-5,12H,2-3H2,1H3. The van der Waals surface area contributed by atoms with E-state index in [0.29, 0.717) is 0 Å². The van der Waals surface area contributed by atoms with Crippen molar-refractivity contribution in [3.8, 4) is 5.75 Å². The number of aryl methyl sites for hydroxylation is 1. The second-order valence-electron chi connectivity index (χ2n) is 3.19. The summed E-state index contributed by atoms with van der Waals surface area (Å²) in [6.07, 6.45) is 0. The number of nitro benzene ring substituents is 2. The van der Waals surface area contributed by atoms with Crippen LogP contribution < -0.4 is 4.74 Å². The van der Waals surface area contributed by atoms with Gasteiger partial charge in [-0.05, 0) is 13.0 Å². The van der Waals surface area contributed by atoms with Crippen LogP contribution in [0.4, 0.5) is 11.4 Å². The van der Waals surface area contributed by atoms with Crippen molar-refractivity contribution in [3.05, 3.63) is 37.9 Å². The van der Waals surface area contributed by atoms with Crippen LogP contribution in [0.15, 0.2) is 12.1 Å². The summed E-state index contributed by atoms with van der Waals surface area (Å²) in [6.45, 7) is 1.04. The molecule has 1 aromatic rings. The Balaban J connectivity index is 3.25. The lowest BCUT2D eigenvalue weighted by atomic mass is 10.1. The van der Waals surface area contributed by atoms with Crippen LogP contribution in [0.2, 0.25) is 0 Å². The summed E-state index contributed by atoms with van der Waals surface area (Å²) in [4.78, 5) is 19.9. The molecule has 8 nitrogen and oxygen atoms in total. The van der Waals surface area contributed by atoms with Crippen LogP contribution in [0, 0.1) is 27.2 Å². The third-order valence-electron chi connectivity index (χ3n) is 2.02. The van der Waals surface area contributed by atoms with Crippen molar-refractivity contribution in [2.75, 3.05) is 13.2 Å². The van der Waals surface area contributed by atoms with Crippen molar-refractivity contribution in [2.24, 2.45) is 0 Å². The first-order valence-corrected chi connectivity index (χ1v) is 4.64. The van der Waals surface area contributed by atoms with E-state index in [1.165, 1.54) is 13.0 Å². The Hall–Kier alpha value is -2.22.